The molecule has 3 atom stereocenters. The first-order chi connectivity index (χ1) is 15.3. The number of fused-ring (bicyclic) bond motifs is 1. The van der Waals surface area contributed by atoms with E-state index >= 15 is 0 Å². The number of aryl methyl sites for hydroxylation is 1. The first kappa shape index (κ1) is 22.1. The van der Waals surface area contributed by atoms with Crippen molar-refractivity contribution in [3.8, 4) is 0 Å². The molecule has 170 valence electrons. The van der Waals surface area contributed by atoms with Crippen molar-refractivity contribution in [3.63, 3.8) is 0 Å². The van der Waals surface area contributed by atoms with Gasteiger partial charge in [0.05, 0.1) is 18.3 Å². The predicted molar refractivity (Wildman–Crippen MR) is 124 cm³/mol. The summed E-state index contributed by atoms with van der Waals surface area (Å²) in [6, 6.07) is 8.53. The highest BCUT2D eigenvalue weighted by Gasteiger charge is 2.37. The quantitative estimate of drug-likeness (QED) is 0.668. The van der Waals surface area contributed by atoms with Crippen molar-refractivity contribution in [1.82, 2.24) is 19.6 Å². The van der Waals surface area contributed by atoms with E-state index in [0.29, 0.717) is 24.3 Å². The molecular weight excluding hydrogens is 404 g/mol. The molecule has 1 aliphatic carbocycles. The lowest BCUT2D eigenvalue weighted by molar-refractivity contribution is -0.127. The minimum absolute atomic E-state index is 0.0833. The number of primary amides is 1. The standard InChI is InChI=1S/C24H32N6O2/c1-4-20(31)29-13-18(28(2)3)12-19(29)14-30-23(25)21(24(26)32)22(27-30)17-10-9-15-7-5-6-8-16(15)11-17/h4-8,17-19H,1,9-14,25H2,2-3H3,(H2,26,32)/t17-,18+,19+/m1/s1. The van der Waals surface area contributed by atoms with E-state index in [0.717, 1.165) is 25.7 Å². The van der Waals surface area contributed by atoms with Gasteiger partial charge in [0.2, 0.25) is 5.91 Å². The molecule has 8 heteroatoms. The van der Waals surface area contributed by atoms with Gasteiger partial charge >= 0.3 is 0 Å². The SMILES string of the molecule is C=CC(=O)N1C[C@@H](N(C)C)C[C@H]1Cn1nc([C@@H]2CCc3ccccc3C2)c(C(N)=O)c1N. The van der Waals surface area contributed by atoms with Gasteiger partial charge in [0.15, 0.2) is 0 Å². The van der Waals surface area contributed by atoms with Crippen molar-refractivity contribution in [2.45, 2.75) is 50.2 Å². The van der Waals surface area contributed by atoms with Crippen molar-refractivity contribution in [2.75, 3.05) is 26.4 Å². The second kappa shape index (κ2) is 8.78. The number of aromatic nitrogens is 2. The number of nitrogen functional groups attached to an aromatic ring is 1. The van der Waals surface area contributed by atoms with Gasteiger partial charge in [-0.15, -0.1) is 0 Å². The molecule has 2 heterocycles. The maximum atomic E-state index is 12.5. The molecule has 0 bridgehead atoms. The number of likely N-dealkylation sites (N-methyl/N-ethyl adjacent to an activating group) is 1. The van der Waals surface area contributed by atoms with Crippen LogP contribution in [0.25, 0.3) is 0 Å². The lowest BCUT2D eigenvalue weighted by Gasteiger charge is -2.24. The average molecular weight is 437 g/mol. The second-order valence-corrected chi connectivity index (χ2v) is 9.10. The molecule has 0 radical (unpaired) electrons. The Bertz CT molecular complexity index is 1040. The summed E-state index contributed by atoms with van der Waals surface area (Å²) < 4.78 is 1.67. The Labute approximate surface area is 188 Å². The normalized spacial score (nSPS) is 22.7. The molecule has 0 unspecified atom stereocenters. The monoisotopic (exact) mass is 436 g/mol. The first-order valence-corrected chi connectivity index (χ1v) is 11.1. The summed E-state index contributed by atoms with van der Waals surface area (Å²) in [6.07, 6.45) is 4.77. The highest BCUT2D eigenvalue weighted by atomic mass is 16.2. The van der Waals surface area contributed by atoms with Crippen LogP contribution < -0.4 is 11.5 Å². The van der Waals surface area contributed by atoms with E-state index in [9.17, 15) is 9.59 Å². The maximum Gasteiger partial charge on any atom is 0.254 e. The van der Waals surface area contributed by atoms with Gasteiger partial charge in [-0.3, -0.25) is 9.59 Å². The highest BCUT2D eigenvalue weighted by Crippen LogP contribution is 2.35. The molecule has 1 saturated heterocycles. The highest BCUT2D eigenvalue weighted by molar-refractivity contribution is 5.98. The summed E-state index contributed by atoms with van der Waals surface area (Å²) in [4.78, 5) is 28.8. The van der Waals surface area contributed by atoms with E-state index < -0.39 is 5.91 Å². The molecule has 1 aromatic carbocycles. The molecule has 32 heavy (non-hydrogen) atoms. The number of rotatable bonds is 6. The molecule has 2 aliphatic rings. The number of likely N-dealkylation sites (tertiary alicyclic amines) is 1. The molecule has 1 fully saturated rings. The van der Waals surface area contributed by atoms with E-state index in [-0.39, 0.29) is 29.7 Å². The Morgan fingerprint density at radius 1 is 1.28 bits per heavy atom. The summed E-state index contributed by atoms with van der Waals surface area (Å²) in [6.45, 7) is 4.68. The molecule has 1 aliphatic heterocycles. The van der Waals surface area contributed by atoms with Gasteiger partial charge in [-0.05, 0) is 57.0 Å². The lowest BCUT2D eigenvalue weighted by Crippen LogP contribution is -2.38. The van der Waals surface area contributed by atoms with Crippen LogP contribution in [0, 0.1) is 0 Å². The van der Waals surface area contributed by atoms with Crippen molar-refractivity contribution < 1.29 is 9.59 Å². The van der Waals surface area contributed by atoms with Crippen LogP contribution in [0.3, 0.4) is 0 Å². The van der Waals surface area contributed by atoms with Crippen LogP contribution in [0.2, 0.25) is 0 Å². The Hall–Kier alpha value is -3.13. The van der Waals surface area contributed by atoms with Gasteiger partial charge in [-0.2, -0.15) is 5.10 Å². The Morgan fingerprint density at radius 3 is 2.66 bits per heavy atom. The van der Waals surface area contributed by atoms with Crippen LogP contribution >= 0.6 is 0 Å². The van der Waals surface area contributed by atoms with Gasteiger partial charge in [0.1, 0.15) is 11.4 Å². The van der Waals surface area contributed by atoms with Crippen LogP contribution in [0.5, 0.6) is 0 Å². The third-order valence-electron chi connectivity index (χ3n) is 6.96. The molecule has 0 spiro atoms. The number of anilines is 1. The van der Waals surface area contributed by atoms with Crippen LogP contribution in [-0.2, 0) is 24.2 Å². The van der Waals surface area contributed by atoms with Crippen LogP contribution in [-0.4, -0.2) is 64.1 Å². The number of nitrogens with zero attached hydrogens (tertiary/aromatic N) is 4. The minimum Gasteiger partial charge on any atom is -0.383 e. The summed E-state index contributed by atoms with van der Waals surface area (Å²) >= 11 is 0. The summed E-state index contributed by atoms with van der Waals surface area (Å²) in [7, 11) is 4.02. The van der Waals surface area contributed by atoms with Crippen LogP contribution in [0.4, 0.5) is 5.82 Å². The number of hydrogen-bond donors (Lipinski definition) is 2. The fourth-order valence-electron chi connectivity index (χ4n) is 5.13. The number of amides is 2. The zero-order valence-corrected chi connectivity index (χ0v) is 18.8. The number of nitrogens with two attached hydrogens (primary N) is 2. The topological polar surface area (TPSA) is 110 Å². The Balaban J connectivity index is 1.64. The smallest absolute Gasteiger partial charge is 0.254 e. The molecule has 2 amide bonds. The molecule has 4 rings (SSSR count). The zero-order valence-electron chi connectivity index (χ0n) is 18.8. The third kappa shape index (κ3) is 4.02. The maximum absolute atomic E-state index is 12.5. The third-order valence-corrected chi connectivity index (χ3v) is 6.96. The lowest BCUT2D eigenvalue weighted by atomic mass is 9.81. The molecule has 4 N–H and O–H groups in total. The van der Waals surface area contributed by atoms with Crippen LogP contribution in [0.1, 0.15) is 45.9 Å². The first-order valence-electron chi connectivity index (χ1n) is 11.1. The largest absolute Gasteiger partial charge is 0.383 e. The molecule has 1 aromatic heterocycles. The fourth-order valence-corrected chi connectivity index (χ4v) is 5.13. The molecule has 0 saturated carbocycles. The van der Waals surface area contributed by atoms with E-state index in [1.165, 1.54) is 17.2 Å². The Kier molecular flexibility index (Phi) is 6.06. The van der Waals surface area contributed by atoms with Gasteiger partial charge in [0, 0.05) is 18.5 Å². The predicted octanol–water partition coefficient (Wildman–Crippen LogP) is 1.55. The van der Waals surface area contributed by atoms with Crippen molar-refractivity contribution >= 4 is 17.6 Å². The number of carbonyl (C=O) groups excluding carboxylic acids is 2. The fraction of sp³-hybridized carbons (Fsp3) is 0.458. The van der Waals surface area contributed by atoms with Crippen LogP contribution in [0.15, 0.2) is 36.9 Å². The van der Waals surface area contributed by atoms with E-state index in [1.54, 1.807) is 4.68 Å². The number of hydrogen-bond acceptors (Lipinski definition) is 5. The minimum atomic E-state index is -0.556. The van der Waals surface area contributed by atoms with Gasteiger partial charge in [0.25, 0.3) is 5.91 Å². The summed E-state index contributed by atoms with van der Waals surface area (Å²) in [5.41, 5.74) is 15.8. The molecule has 2 aromatic rings. The average Bonchev–Trinajstić information content (AvgIpc) is 3.35. The van der Waals surface area contributed by atoms with E-state index in [1.807, 2.05) is 25.1 Å². The van der Waals surface area contributed by atoms with Gasteiger partial charge in [-0.1, -0.05) is 30.8 Å². The summed E-state index contributed by atoms with van der Waals surface area (Å²) in [5, 5.41) is 4.79. The Morgan fingerprint density at radius 2 is 2.00 bits per heavy atom. The number of benzene rings is 1. The van der Waals surface area contributed by atoms with E-state index in [4.69, 9.17) is 16.6 Å². The summed E-state index contributed by atoms with van der Waals surface area (Å²) in [5.74, 6) is -0.297. The van der Waals surface area contributed by atoms with Crippen molar-refractivity contribution in [1.29, 1.82) is 0 Å². The van der Waals surface area contributed by atoms with Gasteiger partial charge in [-0.25, -0.2) is 4.68 Å². The zero-order chi connectivity index (χ0) is 23.0. The second-order valence-electron chi connectivity index (χ2n) is 9.10. The molecule has 8 nitrogen and oxygen atoms in total. The van der Waals surface area contributed by atoms with Crippen molar-refractivity contribution in [2.24, 2.45) is 5.73 Å². The molecular formula is C24H32N6O2. The number of carbonyl (C=O) groups is 2. The van der Waals surface area contributed by atoms with E-state index in [2.05, 4.69) is 29.7 Å². The van der Waals surface area contributed by atoms with Gasteiger partial charge < -0.3 is 21.3 Å². The van der Waals surface area contributed by atoms with Crippen molar-refractivity contribution in [3.05, 3.63) is 59.3 Å².